The minimum absolute atomic E-state index is 0.00466. The second kappa shape index (κ2) is 4.96. The van der Waals surface area contributed by atoms with Crippen molar-refractivity contribution < 1.29 is 19.5 Å². The maximum Gasteiger partial charge on any atom is 0.325 e. The molecule has 0 aromatic heterocycles. The summed E-state index contributed by atoms with van der Waals surface area (Å²) in [6, 6.07) is -0.912. The number of nitrogens with one attached hydrogen (secondary N) is 1. The second-order valence-electron chi connectivity index (χ2n) is 5.21. The van der Waals surface area contributed by atoms with Crippen molar-refractivity contribution in [1.29, 1.82) is 0 Å². The Balaban J connectivity index is 1.84. The molecule has 0 spiro atoms. The van der Waals surface area contributed by atoms with Gasteiger partial charge in [0, 0.05) is 19.5 Å². The molecule has 2 N–H and O–H groups in total. The number of rotatable bonds is 5. The summed E-state index contributed by atoms with van der Waals surface area (Å²) in [6.45, 7) is 2.59. The fourth-order valence-corrected chi connectivity index (χ4v) is 2.13. The molecule has 6 heteroatoms. The van der Waals surface area contributed by atoms with Crippen molar-refractivity contribution in [3.05, 3.63) is 0 Å². The lowest BCUT2D eigenvalue weighted by Gasteiger charge is -2.16. The molecule has 1 saturated carbocycles. The van der Waals surface area contributed by atoms with E-state index in [9.17, 15) is 14.4 Å². The molecule has 0 aromatic rings. The lowest BCUT2D eigenvalue weighted by atomic mass is 10.1. The largest absolute Gasteiger partial charge is 0.480 e. The van der Waals surface area contributed by atoms with Gasteiger partial charge in [-0.3, -0.25) is 14.4 Å². The Kier molecular flexibility index (Phi) is 3.54. The van der Waals surface area contributed by atoms with E-state index < -0.39 is 17.9 Å². The van der Waals surface area contributed by atoms with Crippen molar-refractivity contribution in [2.75, 3.05) is 13.1 Å². The van der Waals surface area contributed by atoms with E-state index in [-0.39, 0.29) is 18.2 Å². The highest BCUT2D eigenvalue weighted by Crippen LogP contribution is 2.31. The predicted molar refractivity (Wildman–Crippen MR) is 62.7 cm³/mol. The summed E-state index contributed by atoms with van der Waals surface area (Å²) in [5, 5.41) is 11.1. The van der Waals surface area contributed by atoms with Gasteiger partial charge in [0.15, 0.2) is 0 Å². The predicted octanol–water partition coefficient (Wildman–Crippen LogP) is -0.166. The molecule has 2 fully saturated rings. The number of carboxylic acid groups (broad SMARTS) is 1. The summed E-state index contributed by atoms with van der Waals surface area (Å²) in [6.07, 6.45) is 2.53. The van der Waals surface area contributed by atoms with E-state index in [4.69, 9.17) is 5.11 Å². The number of nitrogens with zero attached hydrogens (tertiary/aromatic N) is 1. The zero-order chi connectivity index (χ0) is 13.3. The van der Waals surface area contributed by atoms with Gasteiger partial charge in [-0.1, -0.05) is 0 Å². The molecule has 2 atom stereocenters. The van der Waals surface area contributed by atoms with Gasteiger partial charge in [-0.25, -0.2) is 0 Å². The molecule has 6 nitrogen and oxygen atoms in total. The van der Waals surface area contributed by atoms with Gasteiger partial charge in [0.1, 0.15) is 6.04 Å². The Hall–Kier alpha value is -1.59. The number of carboxylic acids is 1. The minimum atomic E-state index is -1.07. The lowest BCUT2D eigenvalue weighted by molar-refractivity contribution is -0.141. The number of aliphatic carboxylic acids is 1. The first-order valence-electron chi connectivity index (χ1n) is 6.28. The summed E-state index contributed by atoms with van der Waals surface area (Å²) < 4.78 is 0. The van der Waals surface area contributed by atoms with Crippen LogP contribution in [0.3, 0.4) is 0 Å². The van der Waals surface area contributed by atoms with Crippen molar-refractivity contribution in [2.24, 2.45) is 11.8 Å². The van der Waals surface area contributed by atoms with Gasteiger partial charge < -0.3 is 15.3 Å². The molecule has 1 aliphatic heterocycles. The number of hydrogen-bond donors (Lipinski definition) is 2. The zero-order valence-corrected chi connectivity index (χ0v) is 10.4. The third kappa shape index (κ3) is 3.00. The van der Waals surface area contributed by atoms with Crippen molar-refractivity contribution in [2.45, 2.75) is 32.2 Å². The van der Waals surface area contributed by atoms with E-state index in [1.54, 1.807) is 4.90 Å². The quantitative estimate of drug-likeness (QED) is 0.713. The van der Waals surface area contributed by atoms with Gasteiger partial charge in [0.2, 0.25) is 11.8 Å². The summed E-state index contributed by atoms with van der Waals surface area (Å²) in [4.78, 5) is 35.9. The average Bonchev–Trinajstić information content (AvgIpc) is 3.03. The molecule has 0 bridgehead atoms. The van der Waals surface area contributed by atoms with E-state index in [0.717, 1.165) is 19.4 Å². The average molecular weight is 254 g/mol. The molecule has 1 aliphatic carbocycles. The molecule has 1 saturated heterocycles. The zero-order valence-electron chi connectivity index (χ0n) is 10.4. The monoisotopic (exact) mass is 254 g/mol. The molecule has 0 aromatic carbocycles. The molecule has 18 heavy (non-hydrogen) atoms. The van der Waals surface area contributed by atoms with Crippen molar-refractivity contribution in [1.82, 2.24) is 10.2 Å². The molecular weight excluding hydrogens is 236 g/mol. The molecule has 100 valence electrons. The van der Waals surface area contributed by atoms with Crippen molar-refractivity contribution in [3.8, 4) is 0 Å². The molecule has 2 amide bonds. The van der Waals surface area contributed by atoms with E-state index in [0.29, 0.717) is 12.5 Å². The van der Waals surface area contributed by atoms with Crippen LogP contribution in [0.2, 0.25) is 0 Å². The van der Waals surface area contributed by atoms with Crippen LogP contribution < -0.4 is 5.32 Å². The highest BCUT2D eigenvalue weighted by molar-refractivity contribution is 5.91. The van der Waals surface area contributed by atoms with Crippen LogP contribution in [0.4, 0.5) is 0 Å². The van der Waals surface area contributed by atoms with Gasteiger partial charge in [0.25, 0.3) is 0 Å². The summed E-state index contributed by atoms with van der Waals surface area (Å²) in [5.41, 5.74) is 0. The Labute approximate surface area is 105 Å². The van der Waals surface area contributed by atoms with E-state index in [1.807, 2.05) is 0 Å². The number of likely N-dealkylation sites (tertiary alicyclic amines) is 1. The van der Waals surface area contributed by atoms with Crippen molar-refractivity contribution in [3.63, 3.8) is 0 Å². The number of carbonyl (C=O) groups is 3. The fourth-order valence-electron chi connectivity index (χ4n) is 2.13. The summed E-state index contributed by atoms with van der Waals surface area (Å²) in [7, 11) is 0. The topological polar surface area (TPSA) is 86.7 Å². The first-order valence-corrected chi connectivity index (χ1v) is 6.28. The molecule has 0 radical (unpaired) electrons. The first-order chi connectivity index (χ1) is 8.47. The minimum Gasteiger partial charge on any atom is -0.480 e. The Bertz CT molecular complexity index is 378. The van der Waals surface area contributed by atoms with Gasteiger partial charge in [-0.15, -0.1) is 0 Å². The Morgan fingerprint density at radius 3 is 2.72 bits per heavy atom. The molecular formula is C12H18N2O4. The van der Waals surface area contributed by atoms with Crippen LogP contribution in [-0.2, 0) is 14.4 Å². The van der Waals surface area contributed by atoms with Crippen LogP contribution in [0.5, 0.6) is 0 Å². The normalized spacial score (nSPS) is 25.1. The summed E-state index contributed by atoms with van der Waals surface area (Å²) in [5.74, 6) is -1.20. The maximum absolute atomic E-state index is 11.8. The van der Waals surface area contributed by atoms with E-state index >= 15 is 0 Å². The fraction of sp³-hybridized carbons (Fsp3) is 0.750. The Morgan fingerprint density at radius 2 is 2.17 bits per heavy atom. The molecule has 1 unspecified atom stereocenters. The molecule has 2 aliphatic rings. The number of carbonyl (C=O) groups excluding carboxylic acids is 2. The van der Waals surface area contributed by atoms with E-state index in [2.05, 4.69) is 5.32 Å². The molecule has 1 heterocycles. The lowest BCUT2D eigenvalue weighted by Crippen LogP contribution is -2.42. The van der Waals surface area contributed by atoms with Gasteiger partial charge in [-0.05, 0) is 25.7 Å². The summed E-state index contributed by atoms with van der Waals surface area (Å²) >= 11 is 0. The third-order valence-electron chi connectivity index (χ3n) is 3.49. The van der Waals surface area contributed by atoms with Crippen molar-refractivity contribution >= 4 is 17.8 Å². The van der Waals surface area contributed by atoms with Crippen LogP contribution >= 0.6 is 0 Å². The van der Waals surface area contributed by atoms with E-state index in [1.165, 1.54) is 6.92 Å². The van der Waals surface area contributed by atoms with Crippen LogP contribution in [-0.4, -0.2) is 46.9 Å². The third-order valence-corrected chi connectivity index (χ3v) is 3.49. The van der Waals surface area contributed by atoms with Gasteiger partial charge in [-0.2, -0.15) is 0 Å². The highest BCUT2D eigenvalue weighted by atomic mass is 16.4. The van der Waals surface area contributed by atoms with Crippen LogP contribution in [0.15, 0.2) is 0 Å². The Morgan fingerprint density at radius 1 is 1.50 bits per heavy atom. The van der Waals surface area contributed by atoms with Crippen LogP contribution in [0.1, 0.15) is 26.2 Å². The SMILES string of the molecule is C[C@@H](NC(=O)C1CC(=O)N(CC2CC2)C1)C(=O)O. The van der Waals surface area contributed by atoms with Gasteiger partial charge >= 0.3 is 5.97 Å². The number of amides is 2. The first kappa shape index (κ1) is 12.9. The van der Waals surface area contributed by atoms with Crippen LogP contribution in [0.25, 0.3) is 0 Å². The van der Waals surface area contributed by atoms with Gasteiger partial charge in [0.05, 0.1) is 5.92 Å². The number of hydrogen-bond acceptors (Lipinski definition) is 3. The molecule has 2 rings (SSSR count). The van der Waals surface area contributed by atoms with Crippen LogP contribution in [0, 0.1) is 11.8 Å². The standard InChI is InChI=1S/C12H18N2O4/c1-7(12(17)18)13-11(16)9-4-10(15)14(6-9)5-8-2-3-8/h7-9H,2-6H2,1H3,(H,13,16)(H,17,18)/t7-,9?/m1/s1. The highest BCUT2D eigenvalue weighted by Gasteiger charge is 2.37. The smallest absolute Gasteiger partial charge is 0.325 e. The second-order valence-corrected chi connectivity index (χ2v) is 5.21. The maximum atomic E-state index is 11.8.